The van der Waals surface area contributed by atoms with E-state index < -0.39 is 46.9 Å². The van der Waals surface area contributed by atoms with E-state index in [1.165, 1.54) is 18.2 Å². The van der Waals surface area contributed by atoms with Crippen molar-refractivity contribution in [2.75, 3.05) is 0 Å². The fourth-order valence-corrected chi connectivity index (χ4v) is 3.47. The zero-order chi connectivity index (χ0) is 26.9. The summed E-state index contributed by atoms with van der Waals surface area (Å²) in [5.41, 5.74) is 1.58. The topological polar surface area (TPSA) is 61.8 Å². The molecule has 3 aromatic carbocycles. The van der Waals surface area contributed by atoms with E-state index in [4.69, 9.17) is 14.2 Å². The van der Waals surface area contributed by atoms with Gasteiger partial charge in [-0.25, -0.2) is 18.0 Å². The first-order valence-electron chi connectivity index (χ1n) is 10.8. The number of benzene rings is 3. The van der Waals surface area contributed by atoms with Gasteiger partial charge in [0, 0.05) is 6.07 Å². The lowest BCUT2D eigenvalue weighted by atomic mass is 10.0. The molecule has 0 saturated carbocycles. The second-order valence-electron chi connectivity index (χ2n) is 7.93. The lowest BCUT2D eigenvalue weighted by Gasteiger charge is -2.16. The zero-order valence-electron chi connectivity index (χ0n) is 19.3. The van der Waals surface area contributed by atoms with Gasteiger partial charge in [0.25, 0.3) is 0 Å². The van der Waals surface area contributed by atoms with Gasteiger partial charge in [-0.2, -0.15) is 8.78 Å². The van der Waals surface area contributed by atoms with Crippen LogP contribution < -0.4 is 14.2 Å². The van der Waals surface area contributed by atoms with Crippen LogP contribution in [0.25, 0.3) is 6.08 Å². The van der Waals surface area contributed by atoms with Gasteiger partial charge < -0.3 is 14.2 Å². The van der Waals surface area contributed by atoms with Gasteiger partial charge in [0.2, 0.25) is 34.9 Å². The number of halogens is 5. The summed E-state index contributed by atoms with van der Waals surface area (Å²) in [6.07, 6.45) is 3.14. The Hall–Kier alpha value is -4.47. The predicted octanol–water partition coefficient (Wildman–Crippen LogP) is 6.24. The van der Waals surface area contributed by atoms with Gasteiger partial charge in [-0.15, -0.1) is 0 Å². The molecule has 3 aromatic rings. The Morgan fingerprint density at radius 2 is 1.57 bits per heavy atom. The molecule has 0 bridgehead atoms. The number of carbonyl (C=O) groups excluding carboxylic acids is 2. The van der Waals surface area contributed by atoms with Crippen LogP contribution in [0.1, 0.15) is 28.4 Å². The molecule has 1 aliphatic heterocycles. The van der Waals surface area contributed by atoms with Crippen LogP contribution in [0.15, 0.2) is 60.4 Å². The number of ketones is 1. The number of fused-ring (bicyclic) bond motifs is 1. The summed E-state index contributed by atoms with van der Waals surface area (Å²) in [7, 11) is 0. The van der Waals surface area contributed by atoms with E-state index in [0.29, 0.717) is 5.56 Å². The summed E-state index contributed by atoms with van der Waals surface area (Å²) in [4.78, 5) is 25.1. The van der Waals surface area contributed by atoms with E-state index in [-0.39, 0.29) is 28.6 Å². The largest absolute Gasteiger partial charge is 0.473 e. The fourth-order valence-electron chi connectivity index (χ4n) is 3.47. The van der Waals surface area contributed by atoms with Crippen molar-refractivity contribution in [1.29, 1.82) is 0 Å². The lowest BCUT2D eigenvalue weighted by molar-refractivity contribution is -0.141. The van der Waals surface area contributed by atoms with Crippen molar-refractivity contribution in [2.45, 2.75) is 20.0 Å². The number of Topliss-reactive ketones (excluding diaryl/α,β-unsaturated/α-hetero) is 1. The minimum absolute atomic E-state index is 0.0387. The summed E-state index contributed by atoms with van der Waals surface area (Å²) in [6, 6.07) is 12.0. The summed E-state index contributed by atoms with van der Waals surface area (Å²) < 4.78 is 83.1. The summed E-state index contributed by atoms with van der Waals surface area (Å²) in [6.45, 7) is 2.58. The van der Waals surface area contributed by atoms with Crippen molar-refractivity contribution in [3.63, 3.8) is 0 Å². The first-order valence-corrected chi connectivity index (χ1v) is 10.8. The second kappa shape index (κ2) is 10.3. The van der Waals surface area contributed by atoms with Gasteiger partial charge in [-0.3, -0.25) is 4.79 Å². The summed E-state index contributed by atoms with van der Waals surface area (Å²) in [5.74, 6) is -14.4. The molecule has 0 saturated heterocycles. The molecule has 1 aliphatic rings. The number of aryl methyl sites for hydroxylation is 1. The average Bonchev–Trinajstić information content (AvgIpc) is 3.20. The van der Waals surface area contributed by atoms with Crippen LogP contribution in [-0.2, 0) is 4.79 Å². The molecule has 190 valence electrons. The maximum absolute atomic E-state index is 13.9. The van der Waals surface area contributed by atoms with Crippen molar-refractivity contribution in [2.24, 2.45) is 0 Å². The normalized spacial score (nSPS) is 14.6. The van der Waals surface area contributed by atoms with Crippen molar-refractivity contribution >= 4 is 17.8 Å². The van der Waals surface area contributed by atoms with Gasteiger partial charge in [0.15, 0.2) is 17.6 Å². The van der Waals surface area contributed by atoms with Crippen LogP contribution in [0.5, 0.6) is 17.2 Å². The summed E-state index contributed by atoms with van der Waals surface area (Å²) >= 11 is 0. The van der Waals surface area contributed by atoms with Gasteiger partial charge in [-0.05, 0) is 37.1 Å². The van der Waals surface area contributed by atoms with Crippen LogP contribution in [0, 0.1) is 36.0 Å². The lowest BCUT2D eigenvalue weighted by Crippen LogP contribution is -2.29. The molecule has 4 rings (SSSR count). The second-order valence-corrected chi connectivity index (χ2v) is 7.93. The number of allylic oxidation sites excluding steroid dienone is 3. The highest BCUT2D eigenvalue weighted by atomic mass is 19.2. The average molecular weight is 516 g/mol. The van der Waals surface area contributed by atoms with E-state index in [9.17, 15) is 31.5 Å². The molecule has 0 radical (unpaired) electrons. The van der Waals surface area contributed by atoms with Crippen molar-refractivity contribution < 1.29 is 45.8 Å². The van der Waals surface area contributed by atoms with E-state index in [1.54, 1.807) is 19.1 Å². The highest BCUT2D eigenvalue weighted by molar-refractivity contribution is 6.13. The van der Waals surface area contributed by atoms with Crippen molar-refractivity contribution in [3.05, 3.63) is 106 Å². The molecule has 1 unspecified atom stereocenters. The van der Waals surface area contributed by atoms with Crippen LogP contribution in [0.4, 0.5) is 22.0 Å². The maximum atomic E-state index is 13.9. The number of esters is 1. The molecule has 0 fully saturated rings. The van der Waals surface area contributed by atoms with Crippen molar-refractivity contribution in [1.82, 2.24) is 0 Å². The Balaban J connectivity index is 1.49. The fraction of sp³-hybridized carbons (Fsp3) is 0.111. The van der Waals surface area contributed by atoms with E-state index in [1.807, 2.05) is 30.3 Å². The van der Waals surface area contributed by atoms with Gasteiger partial charge in [0.05, 0.1) is 5.56 Å². The molecule has 1 heterocycles. The Morgan fingerprint density at radius 1 is 0.946 bits per heavy atom. The zero-order valence-corrected chi connectivity index (χ0v) is 19.3. The standard InChI is InChI=1S/C27H17F5O5/c1-13-11-16(36-27(34)14(2)35-26-23(31)21(29)20(28)22(30)24(26)32)12-18-19(13)25(33)17(37-18)10-6-9-15-7-4-3-5-8-15/h3-12,14H,1-2H3/b9-6+,17-10-. The van der Waals surface area contributed by atoms with E-state index >= 15 is 0 Å². The van der Waals surface area contributed by atoms with Gasteiger partial charge >= 0.3 is 5.97 Å². The van der Waals surface area contributed by atoms with E-state index in [0.717, 1.165) is 12.5 Å². The van der Waals surface area contributed by atoms with Crippen molar-refractivity contribution in [3.8, 4) is 17.2 Å². The molecule has 1 atom stereocenters. The smallest absolute Gasteiger partial charge is 0.352 e. The Bertz CT molecular complexity index is 1430. The van der Waals surface area contributed by atoms with Crippen LogP contribution in [0.3, 0.4) is 0 Å². The number of ether oxygens (including phenoxy) is 3. The molecule has 37 heavy (non-hydrogen) atoms. The predicted molar refractivity (Wildman–Crippen MR) is 122 cm³/mol. The Kier molecular flexibility index (Phi) is 7.10. The summed E-state index contributed by atoms with van der Waals surface area (Å²) in [5, 5.41) is 0. The molecule has 0 N–H and O–H groups in total. The number of rotatable bonds is 6. The number of hydrogen-bond donors (Lipinski definition) is 0. The maximum Gasteiger partial charge on any atom is 0.352 e. The quantitative estimate of drug-likeness (QED) is 0.0970. The first kappa shape index (κ1) is 25.6. The Morgan fingerprint density at radius 3 is 2.22 bits per heavy atom. The molecule has 0 aliphatic carbocycles. The van der Waals surface area contributed by atoms with Gasteiger partial charge in [0.1, 0.15) is 11.5 Å². The SMILES string of the molecule is Cc1cc(OC(=O)C(C)Oc2c(F)c(F)c(F)c(F)c2F)cc2c1C(=O)/C(=C/C=C/c1ccccc1)O2. The third kappa shape index (κ3) is 5.09. The highest BCUT2D eigenvalue weighted by Crippen LogP contribution is 2.37. The number of carbonyl (C=O) groups is 2. The third-order valence-electron chi connectivity index (χ3n) is 5.29. The molecular formula is C27H17F5O5. The van der Waals surface area contributed by atoms with Crippen LogP contribution in [0.2, 0.25) is 0 Å². The Labute approximate surface area is 207 Å². The monoisotopic (exact) mass is 516 g/mol. The minimum atomic E-state index is -2.36. The number of hydrogen-bond acceptors (Lipinski definition) is 5. The molecule has 0 spiro atoms. The third-order valence-corrected chi connectivity index (χ3v) is 5.29. The minimum Gasteiger partial charge on any atom is -0.473 e. The highest BCUT2D eigenvalue weighted by Gasteiger charge is 2.32. The molecule has 0 amide bonds. The van der Waals surface area contributed by atoms with Gasteiger partial charge in [-0.1, -0.05) is 42.5 Å². The van der Waals surface area contributed by atoms with Crippen LogP contribution >= 0.6 is 0 Å². The molecule has 0 aromatic heterocycles. The molecule has 10 heteroatoms. The van der Waals surface area contributed by atoms with Crippen LogP contribution in [-0.4, -0.2) is 17.9 Å². The molecular weight excluding hydrogens is 499 g/mol. The first-order chi connectivity index (χ1) is 17.6. The molecule has 5 nitrogen and oxygen atoms in total. The van der Waals surface area contributed by atoms with E-state index in [2.05, 4.69) is 0 Å².